The Morgan fingerprint density at radius 2 is 2.03 bits per heavy atom. The maximum atomic E-state index is 13.0. The van der Waals surface area contributed by atoms with Gasteiger partial charge in [0.2, 0.25) is 11.8 Å². The first-order chi connectivity index (χ1) is 14.9. The van der Waals surface area contributed by atoms with E-state index in [-0.39, 0.29) is 31.6 Å². The van der Waals surface area contributed by atoms with Gasteiger partial charge in [0.05, 0.1) is 18.6 Å². The maximum absolute atomic E-state index is 13.0. The molecule has 2 aliphatic rings. The van der Waals surface area contributed by atoms with Crippen molar-refractivity contribution < 1.29 is 29.3 Å². The summed E-state index contributed by atoms with van der Waals surface area (Å²) in [4.78, 5) is 27.4. The number of benzene rings is 1. The van der Waals surface area contributed by atoms with Gasteiger partial charge < -0.3 is 29.9 Å². The van der Waals surface area contributed by atoms with Crippen molar-refractivity contribution in [3.63, 3.8) is 0 Å². The molecular formula is C23H32N2O6. The Labute approximate surface area is 182 Å². The number of methoxy groups -OCH3 is 1. The van der Waals surface area contributed by atoms with Crippen LogP contribution in [0.5, 0.6) is 5.75 Å². The van der Waals surface area contributed by atoms with E-state index in [0.29, 0.717) is 23.8 Å². The molecule has 2 amide bonds. The molecule has 0 saturated carbocycles. The molecule has 3 N–H and O–H groups in total. The van der Waals surface area contributed by atoms with Gasteiger partial charge in [0.1, 0.15) is 24.6 Å². The Bertz CT molecular complexity index is 824. The minimum absolute atomic E-state index is 0.114. The van der Waals surface area contributed by atoms with Crippen LogP contribution in [0.4, 0.5) is 0 Å². The van der Waals surface area contributed by atoms with Gasteiger partial charge in [-0.25, -0.2) is 0 Å². The van der Waals surface area contributed by atoms with Crippen molar-refractivity contribution in [3.8, 4) is 5.75 Å². The third kappa shape index (κ3) is 4.92. The zero-order valence-electron chi connectivity index (χ0n) is 18.3. The predicted molar refractivity (Wildman–Crippen MR) is 115 cm³/mol. The first kappa shape index (κ1) is 23.2. The molecule has 4 atom stereocenters. The molecule has 1 aromatic carbocycles. The second kappa shape index (κ2) is 10.3. The van der Waals surface area contributed by atoms with Crippen LogP contribution in [0, 0.1) is 5.92 Å². The second-order valence-corrected chi connectivity index (χ2v) is 8.38. The lowest BCUT2D eigenvalue weighted by Crippen LogP contribution is -2.56. The predicted octanol–water partition coefficient (Wildman–Crippen LogP) is 0.830. The fourth-order valence-corrected chi connectivity index (χ4v) is 4.23. The number of carbonyl (C=O) groups is 2. The number of aliphatic hydroxyl groups is 2. The molecule has 170 valence electrons. The molecule has 0 saturated heterocycles. The summed E-state index contributed by atoms with van der Waals surface area (Å²) >= 11 is 0. The van der Waals surface area contributed by atoms with Crippen LogP contribution in [0.3, 0.4) is 0 Å². The smallest absolute Gasteiger partial charge is 0.249 e. The number of fused-ring (bicyclic) bond motifs is 3. The third-order valence-electron chi connectivity index (χ3n) is 5.77. The SMILES string of the molecule is COCC(=O)N(CCC(C)C)[C@@H]1C=C(C(=O)NCCO)[C@@H]2c3ccccc3O[C@@H]2[C@H]1O. The summed E-state index contributed by atoms with van der Waals surface area (Å²) < 4.78 is 11.1. The van der Waals surface area contributed by atoms with E-state index in [1.165, 1.54) is 7.11 Å². The average Bonchev–Trinajstić information content (AvgIpc) is 3.13. The highest BCUT2D eigenvalue weighted by Gasteiger charge is 2.50. The van der Waals surface area contributed by atoms with Crippen molar-refractivity contribution in [1.29, 1.82) is 0 Å². The van der Waals surface area contributed by atoms with Crippen LogP contribution in [0.2, 0.25) is 0 Å². The third-order valence-corrected chi connectivity index (χ3v) is 5.77. The number of hydrogen-bond acceptors (Lipinski definition) is 6. The molecule has 31 heavy (non-hydrogen) atoms. The molecule has 3 rings (SSSR count). The average molecular weight is 433 g/mol. The van der Waals surface area contributed by atoms with Gasteiger partial charge in [-0.15, -0.1) is 0 Å². The highest BCUT2D eigenvalue weighted by Crippen LogP contribution is 2.47. The number of ether oxygens (including phenoxy) is 2. The number of para-hydroxylation sites is 1. The molecule has 0 fully saturated rings. The Kier molecular flexibility index (Phi) is 7.69. The van der Waals surface area contributed by atoms with Crippen molar-refractivity contribution in [2.75, 3.05) is 33.4 Å². The van der Waals surface area contributed by atoms with E-state index in [9.17, 15) is 14.7 Å². The van der Waals surface area contributed by atoms with E-state index in [0.717, 1.165) is 12.0 Å². The van der Waals surface area contributed by atoms with Gasteiger partial charge in [-0.3, -0.25) is 9.59 Å². The number of amides is 2. The zero-order valence-corrected chi connectivity index (χ0v) is 18.3. The molecule has 0 spiro atoms. The lowest BCUT2D eigenvalue weighted by atomic mass is 9.77. The lowest BCUT2D eigenvalue weighted by Gasteiger charge is -2.41. The molecule has 1 aliphatic carbocycles. The largest absolute Gasteiger partial charge is 0.486 e. The summed E-state index contributed by atoms with van der Waals surface area (Å²) in [5.41, 5.74) is 1.26. The van der Waals surface area contributed by atoms with Crippen LogP contribution in [-0.4, -0.2) is 78.6 Å². The van der Waals surface area contributed by atoms with Crippen molar-refractivity contribution in [1.82, 2.24) is 10.2 Å². The first-order valence-electron chi connectivity index (χ1n) is 10.7. The fraction of sp³-hybridized carbons (Fsp3) is 0.565. The van der Waals surface area contributed by atoms with Gasteiger partial charge in [-0.1, -0.05) is 32.0 Å². The number of carbonyl (C=O) groups excluding carboxylic acids is 2. The Balaban J connectivity index is 2.01. The normalized spacial score (nSPS) is 24.1. The first-order valence-corrected chi connectivity index (χ1v) is 10.7. The van der Waals surface area contributed by atoms with Crippen molar-refractivity contribution in [2.45, 2.75) is 44.4 Å². The molecule has 0 bridgehead atoms. The van der Waals surface area contributed by atoms with E-state index >= 15 is 0 Å². The molecule has 0 aromatic heterocycles. The molecule has 1 heterocycles. The van der Waals surface area contributed by atoms with Crippen molar-refractivity contribution >= 4 is 11.8 Å². The lowest BCUT2D eigenvalue weighted by molar-refractivity contribution is -0.141. The quantitative estimate of drug-likeness (QED) is 0.534. The number of rotatable bonds is 9. The molecule has 1 aliphatic heterocycles. The van der Waals surface area contributed by atoms with Gasteiger partial charge in [0.15, 0.2) is 0 Å². The summed E-state index contributed by atoms with van der Waals surface area (Å²) in [6, 6.07) is 6.67. The second-order valence-electron chi connectivity index (χ2n) is 8.38. The van der Waals surface area contributed by atoms with E-state index < -0.39 is 24.2 Å². The molecule has 1 aromatic rings. The van der Waals surface area contributed by atoms with Crippen molar-refractivity contribution in [2.24, 2.45) is 5.92 Å². The van der Waals surface area contributed by atoms with Gasteiger partial charge in [0, 0.05) is 31.3 Å². The van der Waals surface area contributed by atoms with E-state index in [1.807, 2.05) is 24.3 Å². The molecular weight excluding hydrogens is 400 g/mol. The van der Waals surface area contributed by atoms with Crippen LogP contribution in [-0.2, 0) is 14.3 Å². The monoisotopic (exact) mass is 432 g/mol. The van der Waals surface area contributed by atoms with Crippen LogP contribution < -0.4 is 10.1 Å². The summed E-state index contributed by atoms with van der Waals surface area (Å²) in [6.45, 7) is 4.37. The summed E-state index contributed by atoms with van der Waals surface area (Å²) in [6.07, 6.45) is 0.713. The van der Waals surface area contributed by atoms with Crippen LogP contribution in [0.25, 0.3) is 0 Å². The Morgan fingerprint density at radius 1 is 1.29 bits per heavy atom. The molecule has 0 unspecified atom stereocenters. The van der Waals surface area contributed by atoms with E-state index in [2.05, 4.69) is 19.2 Å². The highest BCUT2D eigenvalue weighted by molar-refractivity contribution is 5.96. The van der Waals surface area contributed by atoms with Gasteiger partial charge in [0.25, 0.3) is 0 Å². The van der Waals surface area contributed by atoms with Gasteiger partial charge in [-0.05, 0) is 24.5 Å². The Hall–Kier alpha value is -2.42. The minimum atomic E-state index is -1.01. The van der Waals surface area contributed by atoms with Crippen molar-refractivity contribution in [3.05, 3.63) is 41.5 Å². The molecule has 0 radical (unpaired) electrons. The van der Waals surface area contributed by atoms with Gasteiger partial charge >= 0.3 is 0 Å². The zero-order chi connectivity index (χ0) is 22.5. The number of nitrogens with zero attached hydrogens (tertiary/aromatic N) is 1. The van der Waals surface area contributed by atoms with Crippen LogP contribution in [0.15, 0.2) is 35.9 Å². The number of nitrogens with one attached hydrogen (secondary N) is 1. The number of aliphatic hydroxyl groups excluding tert-OH is 2. The molecule has 8 nitrogen and oxygen atoms in total. The van der Waals surface area contributed by atoms with Crippen LogP contribution in [0.1, 0.15) is 31.7 Å². The topological polar surface area (TPSA) is 108 Å². The standard InChI is InChI=1S/C23H32N2O6/c1-14(2)8-10-25(19(27)13-30-3)17-12-16(23(29)24-9-11-26)20-15-6-4-5-7-18(15)31-22(20)21(17)28/h4-7,12,14,17,20-22,26,28H,8-11,13H2,1-3H3,(H,24,29)/t17-,20+,21+,22+/m1/s1. The maximum Gasteiger partial charge on any atom is 0.249 e. The minimum Gasteiger partial charge on any atom is -0.486 e. The summed E-state index contributed by atoms with van der Waals surface area (Å²) in [7, 11) is 1.45. The number of hydrogen-bond donors (Lipinski definition) is 3. The van der Waals surface area contributed by atoms with Crippen LogP contribution >= 0.6 is 0 Å². The summed E-state index contributed by atoms with van der Waals surface area (Å²) in [5.74, 6) is -0.0768. The fourth-order valence-electron chi connectivity index (χ4n) is 4.23. The Morgan fingerprint density at radius 3 is 2.71 bits per heavy atom. The van der Waals surface area contributed by atoms with E-state index in [1.54, 1.807) is 11.0 Å². The van der Waals surface area contributed by atoms with Gasteiger partial charge in [-0.2, -0.15) is 0 Å². The van der Waals surface area contributed by atoms with E-state index in [4.69, 9.17) is 14.6 Å². The highest BCUT2D eigenvalue weighted by atomic mass is 16.5. The summed E-state index contributed by atoms with van der Waals surface area (Å²) in [5, 5.41) is 23.1. The molecule has 8 heteroatoms.